The third-order valence-corrected chi connectivity index (χ3v) is 7.74. The number of nitrogens with zero attached hydrogens (tertiary/aromatic N) is 6. The molecule has 0 saturated carbocycles. The molecule has 38 heavy (non-hydrogen) atoms. The zero-order valence-electron chi connectivity index (χ0n) is 21.1. The highest BCUT2D eigenvalue weighted by Crippen LogP contribution is 2.31. The summed E-state index contributed by atoms with van der Waals surface area (Å²) >= 11 is 8.23. The number of carbonyl (C=O) groups excluding carboxylic acids is 1. The molecule has 0 atom stereocenters. The molecule has 0 radical (unpaired) electrons. The minimum absolute atomic E-state index is 0.0999. The summed E-state index contributed by atoms with van der Waals surface area (Å²) in [6, 6.07) is 19.8. The first-order valence-electron chi connectivity index (χ1n) is 12.4. The summed E-state index contributed by atoms with van der Waals surface area (Å²) in [4.78, 5) is 26.8. The number of thiophene rings is 1. The van der Waals surface area contributed by atoms with Crippen molar-refractivity contribution in [1.29, 1.82) is 0 Å². The molecular formula is C28H26ClN7OS. The molecule has 6 rings (SSSR count). The first-order valence-corrected chi connectivity index (χ1v) is 13.7. The van der Waals surface area contributed by atoms with E-state index in [0.717, 1.165) is 52.0 Å². The summed E-state index contributed by atoms with van der Waals surface area (Å²) in [5, 5.41) is 10.7. The first kappa shape index (κ1) is 24.4. The lowest BCUT2D eigenvalue weighted by Crippen LogP contribution is -2.48. The lowest BCUT2D eigenvalue weighted by Gasteiger charge is -2.36. The Morgan fingerprint density at radius 2 is 1.82 bits per heavy atom. The van der Waals surface area contributed by atoms with Crippen LogP contribution in [-0.4, -0.2) is 56.6 Å². The van der Waals surface area contributed by atoms with E-state index < -0.39 is 0 Å². The van der Waals surface area contributed by atoms with Crippen LogP contribution in [0.3, 0.4) is 0 Å². The van der Waals surface area contributed by atoms with Gasteiger partial charge in [0.05, 0.1) is 15.6 Å². The van der Waals surface area contributed by atoms with E-state index >= 15 is 0 Å². The number of rotatable bonds is 5. The summed E-state index contributed by atoms with van der Waals surface area (Å²) in [5.41, 5.74) is 4.72. The van der Waals surface area contributed by atoms with Gasteiger partial charge in [-0.3, -0.25) is 4.79 Å². The standard InChI is InChI=1S/C28H26ClN7OS/c1-18-5-3-6-20(15-18)26-32-28-30-19(2)16-25(36(28)33-26)31-21-8-9-23(22(29)17-21)34-10-12-35(13-11-34)27(37)24-7-4-14-38-24/h3-9,14-17,31H,10-13H2,1-2H3. The fourth-order valence-corrected chi connectivity index (χ4v) is 5.67. The number of aromatic nitrogens is 4. The van der Waals surface area contributed by atoms with Gasteiger partial charge in [0.15, 0.2) is 5.82 Å². The van der Waals surface area contributed by atoms with Gasteiger partial charge in [-0.15, -0.1) is 16.4 Å². The highest BCUT2D eigenvalue weighted by atomic mass is 35.5. The van der Waals surface area contributed by atoms with Gasteiger partial charge in [-0.1, -0.05) is 41.4 Å². The Bertz CT molecular complexity index is 1620. The van der Waals surface area contributed by atoms with Gasteiger partial charge in [-0.05, 0) is 49.6 Å². The second kappa shape index (κ2) is 10.1. The van der Waals surface area contributed by atoms with Crippen LogP contribution in [0.15, 0.2) is 66.0 Å². The number of carbonyl (C=O) groups is 1. The molecule has 1 aliphatic rings. The molecule has 1 fully saturated rings. The van der Waals surface area contributed by atoms with Crippen molar-refractivity contribution >= 4 is 51.8 Å². The molecule has 10 heteroatoms. The molecule has 3 aromatic heterocycles. The Kier molecular flexibility index (Phi) is 6.47. The normalized spacial score (nSPS) is 13.8. The summed E-state index contributed by atoms with van der Waals surface area (Å²) in [6.45, 7) is 6.77. The molecule has 1 amide bonds. The quantitative estimate of drug-likeness (QED) is 0.300. The van der Waals surface area contributed by atoms with Gasteiger partial charge in [0.25, 0.3) is 11.7 Å². The fraction of sp³-hybridized carbons (Fsp3) is 0.214. The molecule has 0 unspecified atom stereocenters. The van der Waals surface area contributed by atoms with Gasteiger partial charge >= 0.3 is 0 Å². The van der Waals surface area contributed by atoms with Crippen molar-refractivity contribution in [2.45, 2.75) is 13.8 Å². The van der Waals surface area contributed by atoms with Crippen LogP contribution in [0.2, 0.25) is 5.02 Å². The van der Waals surface area contributed by atoms with Crippen molar-refractivity contribution in [3.63, 3.8) is 0 Å². The number of hydrogen-bond donors (Lipinski definition) is 1. The van der Waals surface area contributed by atoms with E-state index in [-0.39, 0.29) is 5.91 Å². The number of halogens is 1. The van der Waals surface area contributed by atoms with E-state index in [1.165, 1.54) is 11.3 Å². The van der Waals surface area contributed by atoms with Crippen LogP contribution >= 0.6 is 22.9 Å². The minimum Gasteiger partial charge on any atom is -0.367 e. The Hall–Kier alpha value is -3.95. The van der Waals surface area contributed by atoms with Gasteiger partial charge < -0.3 is 15.1 Å². The number of fused-ring (bicyclic) bond motifs is 1. The summed E-state index contributed by atoms with van der Waals surface area (Å²) < 4.78 is 1.72. The lowest BCUT2D eigenvalue weighted by atomic mass is 10.1. The van der Waals surface area contributed by atoms with Gasteiger partial charge in [0, 0.05) is 49.2 Å². The topological polar surface area (TPSA) is 78.7 Å². The number of amides is 1. The van der Waals surface area contributed by atoms with Gasteiger partial charge in [0.1, 0.15) is 5.82 Å². The average Bonchev–Trinajstić information content (AvgIpc) is 3.59. The van der Waals surface area contributed by atoms with E-state index in [4.69, 9.17) is 16.7 Å². The first-order chi connectivity index (χ1) is 18.4. The maximum atomic E-state index is 12.7. The van der Waals surface area contributed by atoms with Gasteiger partial charge in [-0.2, -0.15) is 9.50 Å². The van der Waals surface area contributed by atoms with Crippen LogP contribution < -0.4 is 10.2 Å². The minimum atomic E-state index is 0.0999. The molecule has 2 aromatic carbocycles. The summed E-state index contributed by atoms with van der Waals surface area (Å²) in [6.07, 6.45) is 0. The maximum Gasteiger partial charge on any atom is 0.264 e. The molecule has 0 spiro atoms. The highest BCUT2D eigenvalue weighted by molar-refractivity contribution is 7.12. The highest BCUT2D eigenvalue weighted by Gasteiger charge is 2.24. The largest absolute Gasteiger partial charge is 0.367 e. The second-order valence-corrected chi connectivity index (χ2v) is 10.7. The zero-order valence-corrected chi connectivity index (χ0v) is 22.6. The SMILES string of the molecule is Cc1cccc(-c2nc3nc(C)cc(Nc4ccc(N5CCN(C(=O)c6cccs6)CC5)c(Cl)c4)n3n2)c1. The van der Waals surface area contributed by atoms with E-state index in [9.17, 15) is 4.79 Å². The predicted molar refractivity (Wildman–Crippen MR) is 153 cm³/mol. The van der Waals surface area contributed by atoms with Crippen LogP contribution in [-0.2, 0) is 0 Å². The van der Waals surface area contributed by atoms with E-state index in [0.29, 0.717) is 29.7 Å². The molecule has 0 bridgehead atoms. The van der Waals surface area contributed by atoms with Crippen molar-refractivity contribution in [3.8, 4) is 11.4 Å². The number of nitrogens with one attached hydrogen (secondary N) is 1. The maximum absolute atomic E-state index is 12.7. The van der Waals surface area contributed by atoms with Crippen LogP contribution in [0.4, 0.5) is 17.2 Å². The average molecular weight is 544 g/mol. The monoisotopic (exact) mass is 543 g/mol. The van der Waals surface area contributed by atoms with Gasteiger partial charge in [0.2, 0.25) is 0 Å². The van der Waals surface area contributed by atoms with Crippen LogP contribution in [0, 0.1) is 13.8 Å². The lowest BCUT2D eigenvalue weighted by molar-refractivity contribution is 0.0751. The molecule has 1 saturated heterocycles. The van der Waals surface area contributed by atoms with Gasteiger partial charge in [-0.25, -0.2) is 4.98 Å². The van der Waals surface area contributed by atoms with E-state index in [1.54, 1.807) is 4.52 Å². The number of piperazine rings is 1. The molecule has 192 valence electrons. The molecule has 8 nitrogen and oxygen atoms in total. The Labute approximate surface area is 229 Å². The van der Waals surface area contributed by atoms with Crippen molar-refractivity contribution in [3.05, 3.63) is 87.2 Å². The molecule has 0 aliphatic carbocycles. The fourth-order valence-electron chi connectivity index (χ4n) is 4.68. The predicted octanol–water partition coefficient (Wildman–Crippen LogP) is 5.83. The third kappa shape index (κ3) is 4.82. The second-order valence-electron chi connectivity index (χ2n) is 9.35. The third-order valence-electron chi connectivity index (χ3n) is 6.58. The molecule has 1 aliphatic heterocycles. The van der Waals surface area contributed by atoms with Crippen LogP contribution in [0.25, 0.3) is 17.2 Å². The molecule has 4 heterocycles. The summed E-state index contributed by atoms with van der Waals surface area (Å²) in [5.74, 6) is 2.01. The number of anilines is 3. The van der Waals surface area contributed by atoms with Crippen molar-refractivity contribution < 1.29 is 4.79 Å². The summed E-state index contributed by atoms with van der Waals surface area (Å²) in [7, 11) is 0. The molecule has 5 aromatic rings. The Balaban J connectivity index is 1.20. The number of aryl methyl sites for hydroxylation is 2. The Morgan fingerprint density at radius 1 is 0.974 bits per heavy atom. The molecule has 1 N–H and O–H groups in total. The van der Waals surface area contributed by atoms with Crippen LogP contribution in [0.1, 0.15) is 20.9 Å². The number of benzene rings is 2. The number of hydrogen-bond acceptors (Lipinski definition) is 7. The zero-order chi connectivity index (χ0) is 26.2. The smallest absolute Gasteiger partial charge is 0.264 e. The van der Waals surface area contributed by atoms with Crippen molar-refractivity contribution in [1.82, 2.24) is 24.5 Å². The van der Waals surface area contributed by atoms with E-state index in [1.807, 2.05) is 78.7 Å². The Morgan fingerprint density at radius 3 is 2.55 bits per heavy atom. The molecular weight excluding hydrogens is 518 g/mol. The van der Waals surface area contributed by atoms with E-state index in [2.05, 4.69) is 26.3 Å². The van der Waals surface area contributed by atoms with Crippen molar-refractivity contribution in [2.75, 3.05) is 36.4 Å². The van der Waals surface area contributed by atoms with Crippen LogP contribution in [0.5, 0.6) is 0 Å². The van der Waals surface area contributed by atoms with Crippen molar-refractivity contribution in [2.24, 2.45) is 0 Å².